The van der Waals surface area contributed by atoms with Crippen molar-refractivity contribution in [3.05, 3.63) is 59.4 Å². The van der Waals surface area contributed by atoms with E-state index in [1.165, 1.54) is 17.7 Å². The van der Waals surface area contributed by atoms with Crippen molar-refractivity contribution in [2.75, 3.05) is 7.05 Å². The Morgan fingerprint density at radius 2 is 1.75 bits per heavy atom. The molecule has 2 rings (SSSR count). The summed E-state index contributed by atoms with van der Waals surface area (Å²) in [6.07, 6.45) is 2.18. The Labute approximate surface area is 119 Å². The minimum absolute atomic E-state index is 0.282. The second-order valence-electron chi connectivity index (χ2n) is 4.82. The number of halogens is 1. The van der Waals surface area contributed by atoms with Crippen LogP contribution in [-0.4, -0.2) is 7.05 Å². The molecule has 0 aromatic heterocycles. The second kappa shape index (κ2) is 7.06. The SMILES string of the molecule is CCCc1ccc(Oc2cc(F)cc(CNC)c2)cc1. The van der Waals surface area contributed by atoms with Crippen molar-refractivity contribution in [2.24, 2.45) is 0 Å². The Bertz CT molecular complexity index is 551. The van der Waals surface area contributed by atoms with Crippen molar-refractivity contribution in [1.82, 2.24) is 5.32 Å². The summed E-state index contributed by atoms with van der Waals surface area (Å²) in [4.78, 5) is 0. The molecular weight excluding hydrogens is 253 g/mol. The van der Waals surface area contributed by atoms with Crippen LogP contribution in [-0.2, 0) is 13.0 Å². The van der Waals surface area contributed by atoms with Crippen molar-refractivity contribution < 1.29 is 9.13 Å². The van der Waals surface area contributed by atoms with Gasteiger partial charge in [0.05, 0.1) is 0 Å². The maximum absolute atomic E-state index is 13.5. The number of aryl methyl sites for hydroxylation is 1. The van der Waals surface area contributed by atoms with Crippen LogP contribution < -0.4 is 10.1 Å². The topological polar surface area (TPSA) is 21.3 Å². The average molecular weight is 273 g/mol. The van der Waals surface area contributed by atoms with Crippen LogP contribution in [0.5, 0.6) is 11.5 Å². The summed E-state index contributed by atoms with van der Waals surface area (Å²) in [5, 5.41) is 3.00. The highest BCUT2D eigenvalue weighted by Crippen LogP contribution is 2.24. The molecule has 1 N–H and O–H groups in total. The van der Waals surface area contributed by atoms with Gasteiger partial charge in [0.15, 0.2) is 0 Å². The Balaban J connectivity index is 2.12. The number of hydrogen-bond donors (Lipinski definition) is 1. The summed E-state index contributed by atoms with van der Waals surface area (Å²) in [7, 11) is 1.83. The predicted molar refractivity (Wildman–Crippen MR) is 79.7 cm³/mol. The predicted octanol–water partition coefficient (Wildman–Crippen LogP) is 4.29. The van der Waals surface area contributed by atoms with Crippen molar-refractivity contribution in [2.45, 2.75) is 26.3 Å². The molecule has 0 atom stereocenters. The molecule has 0 fully saturated rings. The zero-order valence-electron chi connectivity index (χ0n) is 11.9. The number of benzene rings is 2. The molecule has 2 aromatic rings. The fourth-order valence-corrected chi connectivity index (χ4v) is 2.13. The first kappa shape index (κ1) is 14.5. The molecule has 0 saturated heterocycles. The molecule has 0 aliphatic heterocycles. The van der Waals surface area contributed by atoms with Crippen LogP contribution in [0.25, 0.3) is 0 Å². The fourth-order valence-electron chi connectivity index (χ4n) is 2.13. The highest BCUT2D eigenvalue weighted by atomic mass is 19.1. The van der Waals surface area contributed by atoms with Crippen LogP contribution in [0.15, 0.2) is 42.5 Å². The molecule has 0 spiro atoms. The van der Waals surface area contributed by atoms with E-state index in [4.69, 9.17) is 4.74 Å². The standard InChI is InChI=1S/C17H20FNO/c1-3-4-13-5-7-16(8-6-13)20-17-10-14(12-19-2)9-15(18)11-17/h5-11,19H,3-4,12H2,1-2H3. The third-order valence-corrected chi connectivity index (χ3v) is 3.01. The van der Waals surface area contributed by atoms with Gasteiger partial charge in [0, 0.05) is 12.6 Å². The lowest BCUT2D eigenvalue weighted by Crippen LogP contribution is -2.05. The lowest BCUT2D eigenvalue weighted by molar-refractivity contribution is 0.475. The van der Waals surface area contributed by atoms with Gasteiger partial charge in [-0.1, -0.05) is 25.5 Å². The first-order valence-corrected chi connectivity index (χ1v) is 6.92. The molecule has 0 unspecified atom stereocenters. The van der Waals surface area contributed by atoms with Gasteiger partial charge in [0.2, 0.25) is 0 Å². The molecule has 20 heavy (non-hydrogen) atoms. The summed E-state index contributed by atoms with van der Waals surface area (Å²) in [6, 6.07) is 12.7. The molecule has 0 bridgehead atoms. The lowest BCUT2D eigenvalue weighted by atomic mass is 10.1. The Kier molecular flexibility index (Phi) is 5.13. The number of hydrogen-bond acceptors (Lipinski definition) is 2. The van der Waals surface area contributed by atoms with Gasteiger partial charge in [0.1, 0.15) is 17.3 Å². The summed E-state index contributed by atoms with van der Waals surface area (Å²) in [5.41, 5.74) is 2.15. The quantitative estimate of drug-likeness (QED) is 0.847. The first-order valence-electron chi connectivity index (χ1n) is 6.92. The van der Waals surface area contributed by atoms with Crippen molar-refractivity contribution in [3.63, 3.8) is 0 Å². The van der Waals surface area contributed by atoms with E-state index in [2.05, 4.69) is 12.2 Å². The van der Waals surface area contributed by atoms with Gasteiger partial charge in [-0.05, 0) is 48.9 Å². The minimum atomic E-state index is -0.282. The lowest BCUT2D eigenvalue weighted by Gasteiger charge is -2.09. The number of ether oxygens (including phenoxy) is 1. The van der Waals surface area contributed by atoms with Gasteiger partial charge in [-0.25, -0.2) is 4.39 Å². The summed E-state index contributed by atoms with van der Waals surface area (Å²) in [6.45, 7) is 2.77. The van der Waals surface area contributed by atoms with E-state index < -0.39 is 0 Å². The molecule has 0 saturated carbocycles. The molecule has 0 heterocycles. The summed E-state index contributed by atoms with van der Waals surface area (Å²) in [5.74, 6) is 0.972. The van der Waals surface area contributed by atoms with E-state index in [0.29, 0.717) is 12.3 Å². The molecule has 0 radical (unpaired) electrons. The molecule has 0 aliphatic rings. The summed E-state index contributed by atoms with van der Waals surface area (Å²) >= 11 is 0. The van der Waals surface area contributed by atoms with E-state index in [1.807, 2.05) is 37.4 Å². The largest absolute Gasteiger partial charge is 0.457 e. The van der Waals surface area contributed by atoms with Gasteiger partial charge in [-0.3, -0.25) is 0 Å². The minimum Gasteiger partial charge on any atom is -0.457 e. The van der Waals surface area contributed by atoms with Crippen LogP contribution in [0.4, 0.5) is 4.39 Å². The molecule has 2 aromatic carbocycles. The first-order chi connectivity index (χ1) is 9.71. The highest BCUT2D eigenvalue weighted by Gasteiger charge is 2.03. The molecule has 3 heteroatoms. The van der Waals surface area contributed by atoms with Gasteiger partial charge in [-0.2, -0.15) is 0 Å². The van der Waals surface area contributed by atoms with E-state index in [0.717, 1.165) is 24.2 Å². The smallest absolute Gasteiger partial charge is 0.130 e. The van der Waals surface area contributed by atoms with Crippen LogP contribution in [0.3, 0.4) is 0 Å². The number of rotatable bonds is 6. The third kappa shape index (κ3) is 4.07. The third-order valence-electron chi connectivity index (χ3n) is 3.01. The van der Waals surface area contributed by atoms with Crippen LogP contribution >= 0.6 is 0 Å². The Morgan fingerprint density at radius 3 is 2.40 bits per heavy atom. The van der Waals surface area contributed by atoms with Crippen molar-refractivity contribution in [1.29, 1.82) is 0 Å². The Hall–Kier alpha value is -1.87. The average Bonchev–Trinajstić information content (AvgIpc) is 2.41. The van der Waals surface area contributed by atoms with E-state index in [9.17, 15) is 4.39 Å². The van der Waals surface area contributed by atoms with Crippen LogP contribution in [0.1, 0.15) is 24.5 Å². The van der Waals surface area contributed by atoms with E-state index in [-0.39, 0.29) is 5.82 Å². The molecule has 106 valence electrons. The van der Waals surface area contributed by atoms with Crippen molar-refractivity contribution in [3.8, 4) is 11.5 Å². The molecular formula is C17H20FNO. The maximum atomic E-state index is 13.5. The van der Waals surface area contributed by atoms with Crippen LogP contribution in [0.2, 0.25) is 0 Å². The maximum Gasteiger partial charge on any atom is 0.130 e. The van der Waals surface area contributed by atoms with Crippen LogP contribution in [0, 0.1) is 5.82 Å². The monoisotopic (exact) mass is 273 g/mol. The Morgan fingerprint density at radius 1 is 1.00 bits per heavy atom. The van der Waals surface area contributed by atoms with Gasteiger partial charge >= 0.3 is 0 Å². The zero-order valence-corrected chi connectivity index (χ0v) is 11.9. The normalized spacial score (nSPS) is 10.6. The zero-order chi connectivity index (χ0) is 14.4. The molecule has 0 amide bonds. The summed E-state index contributed by atoms with van der Waals surface area (Å²) < 4.78 is 19.2. The fraction of sp³-hybridized carbons (Fsp3) is 0.294. The van der Waals surface area contributed by atoms with Gasteiger partial charge in [0.25, 0.3) is 0 Å². The van der Waals surface area contributed by atoms with Crippen molar-refractivity contribution >= 4 is 0 Å². The van der Waals surface area contributed by atoms with E-state index >= 15 is 0 Å². The highest BCUT2D eigenvalue weighted by molar-refractivity contribution is 5.35. The molecule has 2 nitrogen and oxygen atoms in total. The second-order valence-corrected chi connectivity index (χ2v) is 4.82. The van der Waals surface area contributed by atoms with E-state index in [1.54, 1.807) is 0 Å². The number of nitrogens with one attached hydrogen (secondary N) is 1. The van der Waals surface area contributed by atoms with Gasteiger partial charge in [-0.15, -0.1) is 0 Å². The molecule has 0 aliphatic carbocycles. The van der Waals surface area contributed by atoms with Gasteiger partial charge < -0.3 is 10.1 Å².